The maximum absolute atomic E-state index is 11.7. The fourth-order valence-corrected chi connectivity index (χ4v) is 3.03. The predicted octanol–water partition coefficient (Wildman–Crippen LogP) is 2.49. The number of imide groups is 1. The Bertz CT molecular complexity index is 1070. The van der Waals surface area contributed by atoms with E-state index in [1.165, 1.54) is 0 Å². The second-order valence-electron chi connectivity index (χ2n) is 6.50. The Morgan fingerprint density at radius 3 is 2.72 bits per heavy atom. The second-order valence-corrected chi connectivity index (χ2v) is 6.50. The van der Waals surface area contributed by atoms with Crippen LogP contribution in [0.2, 0.25) is 0 Å². The molecule has 1 aromatic heterocycles. The number of hydrogen-bond acceptors (Lipinski definition) is 5. The number of urea groups is 1. The van der Waals surface area contributed by atoms with Gasteiger partial charge in [-0.05, 0) is 17.7 Å². The highest BCUT2D eigenvalue weighted by atomic mass is 16.5. The molecule has 146 valence electrons. The highest BCUT2D eigenvalue weighted by molar-refractivity contribution is 6.02. The summed E-state index contributed by atoms with van der Waals surface area (Å²) in [5, 5.41) is 12.2. The molecule has 0 aliphatic carbocycles. The van der Waals surface area contributed by atoms with Crippen molar-refractivity contribution in [1.29, 1.82) is 0 Å². The van der Waals surface area contributed by atoms with Gasteiger partial charge in [-0.1, -0.05) is 42.5 Å². The van der Waals surface area contributed by atoms with E-state index in [-0.39, 0.29) is 12.5 Å². The first-order valence-corrected chi connectivity index (χ1v) is 9.03. The molecule has 2 aromatic carbocycles. The van der Waals surface area contributed by atoms with Gasteiger partial charge in [0.1, 0.15) is 18.0 Å². The third-order valence-corrected chi connectivity index (χ3v) is 4.43. The molecule has 8 nitrogen and oxygen atoms in total. The average molecular weight is 389 g/mol. The van der Waals surface area contributed by atoms with Crippen LogP contribution in [0.15, 0.2) is 65.9 Å². The second kappa shape index (κ2) is 7.97. The molecule has 1 aliphatic rings. The number of benzene rings is 2. The zero-order chi connectivity index (χ0) is 20.2. The Labute approximate surface area is 167 Å². The van der Waals surface area contributed by atoms with Crippen molar-refractivity contribution in [3.8, 4) is 17.0 Å². The molecule has 0 spiro atoms. The van der Waals surface area contributed by atoms with Gasteiger partial charge in [-0.25, -0.2) is 9.80 Å². The first-order valence-electron chi connectivity index (χ1n) is 9.03. The molecule has 1 aliphatic heterocycles. The Hall–Kier alpha value is -3.94. The van der Waals surface area contributed by atoms with Crippen molar-refractivity contribution < 1.29 is 14.3 Å². The summed E-state index contributed by atoms with van der Waals surface area (Å²) in [6, 6.07) is 17.0. The minimum absolute atomic E-state index is 0.0953. The highest BCUT2D eigenvalue weighted by Gasteiger charge is 2.26. The van der Waals surface area contributed by atoms with Gasteiger partial charge in [-0.2, -0.15) is 10.2 Å². The van der Waals surface area contributed by atoms with Gasteiger partial charge in [-0.3, -0.25) is 14.8 Å². The van der Waals surface area contributed by atoms with Crippen LogP contribution in [-0.2, 0) is 11.3 Å². The van der Waals surface area contributed by atoms with Crippen LogP contribution in [0.3, 0.4) is 0 Å². The number of amides is 3. The summed E-state index contributed by atoms with van der Waals surface area (Å²) < 4.78 is 7.14. The maximum Gasteiger partial charge on any atom is 0.344 e. The Kier molecular flexibility index (Phi) is 5.07. The standard InChI is InChI=1S/C21H19N5O3/c1-29-18-9-5-8-16(10-18)20-17(11-22-26-14-19(27)23-21(26)28)13-25(24-20)12-15-6-3-2-4-7-15/h2-11,13H,12,14H2,1H3,(H,23,27,28)/b22-11-. The van der Waals surface area contributed by atoms with Gasteiger partial charge in [0.2, 0.25) is 5.91 Å². The first kappa shape index (κ1) is 18.4. The minimum Gasteiger partial charge on any atom is -0.497 e. The molecule has 8 heteroatoms. The average Bonchev–Trinajstić information content (AvgIpc) is 3.29. The van der Waals surface area contributed by atoms with Crippen molar-refractivity contribution in [2.45, 2.75) is 6.54 Å². The summed E-state index contributed by atoms with van der Waals surface area (Å²) in [4.78, 5) is 23.1. The number of rotatable bonds is 6. The molecule has 29 heavy (non-hydrogen) atoms. The lowest BCUT2D eigenvalue weighted by atomic mass is 10.1. The third kappa shape index (κ3) is 4.16. The van der Waals surface area contributed by atoms with E-state index in [9.17, 15) is 9.59 Å². The van der Waals surface area contributed by atoms with Crippen LogP contribution in [0.25, 0.3) is 11.3 Å². The van der Waals surface area contributed by atoms with Gasteiger partial charge >= 0.3 is 6.03 Å². The van der Waals surface area contributed by atoms with Gasteiger partial charge < -0.3 is 4.74 Å². The van der Waals surface area contributed by atoms with Crippen molar-refractivity contribution in [3.05, 3.63) is 71.9 Å². The number of hydrogen-bond donors (Lipinski definition) is 1. The number of carbonyl (C=O) groups is 2. The molecule has 0 atom stereocenters. The van der Waals surface area contributed by atoms with Gasteiger partial charge in [0, 0.05) is 17.3 Å². The molecule has 0 bridgehead atoms. The molecule has 3 amide bonds. The van der Waals surface area contributed by atoms with Crippen LogP contribution in [0.1, 0.15) is 11.1 Å². The molecule has 0 unspecified atom stereocenters. The summed E-state index contributed by atoms with van der Waals surface area (Å²) in [6.45, 7) is 0.496. The number of aromatic nitrogens is 2. The van der Waals surface area contributed by atoms with Crippen LogP contribution < -0.4 is 10.1 Å². The van der Waals surface area contributed by atoms with Gasteiger partial charge in [-0.15, -0.1) is 0 Å². The summed E-state index contributed by atoms with van der Waals surface area (Å²) in [7, 11) is 1.61. The smallest absolute Gasteiger partial charge is 0.344 e. The number of methoxy groups -OCH3 is 1. The Morgan fingerprint density at radius 2 is 2.00 bits per heavy atom. The van der Waals surface area contributed by atoms with Gasteiger partial charge in [0.05, 0.1) is 19.9 Å². The summed E-state index contributed by atoms with van der Waals surface area (Å²) in [6.07, 6.45) is 3.41. The zero-order valence-electron chi connectivity index (χ0n) is 15.8. The summed E-state index contributed by atoms with van der Waals surface area (Å²) in [5.74, 6) is 0.340. The third-order valence-electron chi connectivity index (χ3n) is 4.43. The van der Waals surface area contributed by atoms with Crippen molar-refractivity contribution in [2.75, 3.05) is 13.7 Å². The molecular formula is C21H19N5O3. The van der Waals surface area contributed by atoms with Crippen molar-refractivity contribution in [1.82, 2.24) is 20.1 Å². The fourth-order valence-electron chi connectivity index (χ4n) is 3.03. The van der Waals surface area contributed by atoms with E-state index in [1.807, 2.05) is 65.5 Å². The van der Waals surface area contributed by atoms with Crippen molar-refractivity contribution >= 4 is 18.2 Å². The van der Waals surface area contributed by atoms with Crippen molar-refractivity contribution in [2.24, 2.45) is 5.10 Å². The largest absolute Gasteiger partial charge is 0.497 e. The Balaban J connectivity index is 1.69. The Morgan fingerprint density at radius 1 is 1.17 bits per heavy atom. The van der Waals surface area contributed by atoms with E-state index in [2.05, 4.69) is 10.4 Å². The molecule has 1 fully saturated rings. The van der Waals surface area contributed by atoms with Crippen molar-refractivity contribution in [3.63, 3.8) is 0 Å². The predicted molar refractivity (Wildman–Crippen MR) is 108 cm³/mol. The molecule has 4 rings (SSSR count). The molecule has 0 saturated carbocycles. The SMILES string of the molecule is COc1cccc(-c2nn(Cc3ccccc3)cc2/C=N\N2CC(=O)NC2=O)c1. The number of nitrogens with zero attached hydrogens (tertiary/aromatic N) is 4. The maximum atomic E-state index is 11.7. The first-order chi connectivity index (χ1) is 14.1. The number of carbonyl (C=O) groups excluding carboxylic acids is 2. The lowest BCUT2D eigenvalue weighted by Crippen LogP contribution is -2.24. The van der Waals surface area contributed by atoms with E-state index in [0.717, 1.165) is 21.7 Å². The van der Waals surface area contributed by atoms with Crippen LogP contribution in [0.4, 0.5) is 4.79 Å². The highest BCUT2D eigenvalue weighted by Crippen LogP contribution is 2.25. The number of hydrazone groups is 1. The number of nitrogens with one attached hydrogen (secondary N) is 1. The minimum atomic E-state index is -0.536. The van der Waals surface area contributed by atoms with E-state index >= 15 is 0 Å². The topological polar surface area (TPSA) is 88.8 Å². The molecule has 3 aromatic rings. The molecular weight excluding hydrogens is 370 g/mol. The molecule has 1 N–H and O–H groups in total. The van der Waals surface area contributed by atoms with Crippen LogP contribution in [0.5, 0.6) is 5.75 Å². The van der Waals surface area contributed by atoms with Crippen LogP contribution >= 0.6 is 0 Å². The summed E-state index contributed by atoms with van der Waals surface area (Å²) >= 11 is 0. The number of ether oxygens (including phenoxy) is 1. The molecule has 2 heterocycles. The summed E-state index contributed by atoms with van der Waals surface area (Å²) in [5.41, 5.74) is 3.40. The zero-order valence-corrected chi connectivity index (χ0v) is 15.8. The van der Waals surface area contributed by atoms with E-state index in [1.54, 1.807) is 13.3 Å². The van der Waals surface area contributed by atoms with E-state index < -0.39 is 6.03 Å². The quantitative estimate of drug-likeness (QED) is 0.518. The van der Waals surface area contributed by atoms with Gasteiger partial charge in [0.15, 0.2) is 0 Å². The van der Waals surface area contributed by atoms with E-state index in [4.69, 9.17) is 9.84 Å². The lowest BCUT2D eigenvalue weighted by Gasteiger charge is -2.05. The lowest BCUT2D eigenvalue weighted by molar-refractivity contribution is -0.118. The van der Waals surface area contributed by atoms with Crippen LogP contribution in [0, 0.1) is 0 Å². The van der Waals surface area contributed by atoms with Crippen LogP contribution in [-0.4, -0.2) is 46.6 Å². The van der Waals surface area contributed by atoms with Gasteiger partial charge in [0.25, 0.3) is 0 Å². The normalized spacial score (nSPS) is 13.9. The monoisotopic (exact) mass is 389 g/mol. The molecule has 0 radical (unpaired) electrons. The molecule has 1 saturated heterocycles. The van der Waals surface area contributed by atoms with E-state index in [0.29, 0.717) is 18.0 Å². The fraction of sp³-hybridized carbons (Fsp3) is 0.143.